The van der Waals surface area contributed by atoms with Gasteiger partial charge in [-0.15, -0.1) is 0 Å². The summed E-state index contributed by atoms with van der Waals surface area (Å²) < 4.78 is 70.4. The van der Waals surface area contributed by atoms with E-state index in [1.807, 2.05) is 29.2 Å². The number of carbonyl (C=O) groups is 1. The number of carbonyl (C=O) groups excluding carboxylic acids is 1. The van der Waals surface area contributed by atoms with Gasteiger partial charge in [-0.1, -0.05) is 25.0 Å². The minimum Gasteiger partial charge on any atom is -0.440 e. The number of oxazole rings is 1. The monoisotopic (exact) mass is 613 g/mol. The van der Waals surface area contributed by atoms with Gasteiger partial charge in [0.15, 0.2) is 9.84 Å². The smallest absolute Gasteiger partial charge is 0.417 e. The van der Waals surface area contributed by atoms with Crippen LogP contribution in [0.2, 0.25) is 0 Å². The van der Waals surface area contributed by atoms with E-state index in [0.717, 1.165) is 30.8 Å². The first-order valence-corrected chi connectivity index (χ1v) is 16.1. The molecule has 1 aliphatic heterocycles. The summed E-state index contributed by atoms with van der Waals surface area (Å²) in [5, 5.41) is 12.4. The Morgan fingerprint density at radius 1 is 1.07 bits per heavy atom. The zero-order valence-electron chi connectivity index (χ0n) is 23.2. The third-order valence-electron chi connectivity index (χ3n) is 8.58. The van der Waals surface area contributed by atoms with Gasteiger partial charge < -0.3 is 14.6 Å². The molecular weight excluding hydrogens is 583 g/mol. The Morgan fingerprint density at radius 3 is 2.42 bits per heavy atom. The summed E-state index contributed by atoms with van der Waals surface area (Å²) in [4.78, 5) is 23.8. The Hall–Kier alpha value is -3.92. The van der Waals surface area contributed by atoms with Crippen molar-refractivity contribution in [1.82, 2.24) is 15.3 Å². The van der Waals surface area contributed by atoms with Crippen LogP contribution in [0.1, 0.15) is 55.8 Å². The highest BCUT2D eigenvalue weighted by Crippen LogP contribution is 2.45. The molecule has 3 heterocycles. The molecule has 0 spiro atoms. The predicted octanol–water partition coefficient (Wildman–Crippen LogP) is 5.10. The second kappa shape index (κ2) is 11.0. The van der Waals surface area contributed by atoms with Gasteiger partial charge in [0.2, 0.25) is 11.8 Å². The number of halogens is 3. The molecule has 1 N–H and O–H groups in total. The Labute approximate surface area is 247 Å². The predicted molar refractivity (Wildman–Crippen MR) is 151 cm³/mol. The molecule has 0 bridgehead atoms. The van der Waals surface area contributed by atoms with Crippen LogP contribution in [0.15, 0.2) is 47.1 Å². The van der Waals surface area contributed by atoms with E-state index < -0.39 is 39.0 Å². The van der Waals surface area contributed by atoms with Crippen molar-refractivity contribution in [3.8, 4) is 28.8 Å². The number of nitrogens with zero attached hydrogens (tertiary/aromatic N) is 4. The summed E-state index contributed by atoms with van der Waals surface area (Å²) in [5.74, 6) is -0.591. The molecule has 2 aromatic heterocycles. The van der Waals surface area contributed by atoms with Crippen molar-refractivity contribution in [1.29, 1.82) is 5.26 Å². The summed E-state index contributed by atoms with van der Waals surface area (Å²) >= 11 is 0. The van der Waals surface area contributed by atoms with Crippen molar-refractivity contribution < 1.29 is 30.8 Å². The molecule has 226 valence electrons. The first-order chi connectivity index (χ1) is 20.5. The van der Waals surface area contributed by atoms with Crippen molar-refractivity contribution in [2.45, 2.75) is 56.2 Å². The number of nitrogens with one attached hydrogen (secondary N) is 1. The summed E-state index contributed by atoms with van der Waals surface area (Å²) in [5.41, 5.74) is 0.214. The van der Waals surface area contributed by atoms with Gasteiger partial charge in [0, 0.05) is 48.6 Å². The zero-order valence-corrected chi connectivity index (χ0v) is 24.0. The quantitative estimate of drug-likeness (QED) is 0.407. The molecule has 2 aliphatic carbocycles. The van der Waals surface area contributed by atoms with Crippen molar-refractivity contribution >= 4 is 21.4 Å². The number of hydrogen-bond acceptors (Lipinski definition) is 8. The first kappa shape index (κ1) is 29.2. The highest BCUT2D eigenvalue weighted by atomic mass is 32.2. The van der Waals surface area contributed by atoms with Gasteiger partial charge in [-0.05, 0) is 43.9 Å². The van der Waals surface area contributed by atoms with E-state index in [4.69, 9.17) is 4.42 Å². The van der Waals surface area contributed by atoms with Crippen LogP contribution in [0, 0.1) is 17.2 Å². The van der Waals surface area contributed by atoms with Gasteiger partial charge in [0.25, 0.3) is 0 Å². The number of benzene rings is 1. The molecule has 9 nitrogen and oxygen atoms in total. The van der Waals surface area contributed by atoms with Gasteiger partial charge in [-0.25, -0.2) is 13.4 Å². The number of alkyl halides is 3. The second-order valence-corrected chi connectivity index (χ2v) is 13.9. The fourth-order valence-electron chi connectivity index (χ4n) is 5.90. The van der Waals surface area contributed by atoms with Gasteiger partial charge in [0.05, 0.1) is 28.7 Å². The molecule has 3 aliphatic rings. The van der Waals surface area contributed by atoms with Crippen molar-refractivity contribution in [2.24, 2.45) is 5.92 Å². The van der Waals surface area contributed by atoms with Gasteiger partial charge in [0.1, 0.15) is 17.0 Å². The van der Waals surface area contributed by atoms with Gasteiger partial charge >= 0.3 is 6.18 Å². The molecule has 1 aromatic carbocycles. The Kier molecular flexibility index (Phi) is 7.44. The standard InChI is InChI=1S/C30H30F3N5O4S/c31-30(32,33)21-15-20(16-35-17-21)28-36-25(19-5-7-22(8-6-19)38-11-13-43(40,41)14-12-38)26(42-28)23-3-1-2-4-24(23)27(39)37-29(18-34)9-10-29/h5-8,15-17,23-24H,1-4,9-14H2,(H,37,39)/t23-,24-/m1/s1. The SMILES string of the molecule is N#CC1(NC(=O)[C@@H]2CCCC[C@H]2c2oc(-c3cncc(C(F)(F)F)c3)nc2-c2ccc(N3CCS(=O)(=O)CC3)cc2)CC1. The van der Waals surface area contributed by atoms with Crippen LogP contribution in [0.4, 0.5) is 18.9 Å². The van der Waals surface area contributed by atoms with E-state index in [9.17, 15) is 31.6 Å². The average Bonchev–Trinajstić information content (AvgIpc) is 3.63. The molecule has 1 saturated heterocycles. The van der Waals surface area contributed by atoms with Crippen molar-refractivity contribution in [2.75, 3.05) is 29.5 Å². The molecule has 1 amide bonds. The first-order valence-electron chi connectivity index (χ1n) is 14.3. The van der Waals surface area contributed by atoms with Crippen LogP contribution >= 0.6 is 0 Å². The van der Waals surface area contributed by atoms with Gasteiger partial charge in [-0.3, -0.25) is 9.78 Å². The number of nitriles is 1. The van der Waals surface area contributed by atoms with Crippen molar-refractivity contribution in [3.05, 3.63) is 54.0 Å². The summed E-state index contributed by atoms with van der Waals surface area (Å²) in [6.07, 6.45) is 1.44. The van der Waals surface area contributed by atoms with Crippen molar-refractivity contribution in [3.63, 3.8) is 0 Å². The van der Waals surface area contributed by atoms with E-state index >= 15 is 0 Å². The fraction of sp³-hybridized carbons (Fsp3) is 0.467. The summed E-state index contributed by atoms with van der Waals surface area (Å²) in [7, 11) is -3.04. The Morgan fingerprint density at radius 2 is 1.77 bits per heavy atom. The lowest BCUT2D eigenvalue weighted by atomic mass is 9.76. The number of rotatable bonds is 6. The molecule has 6 rings (SSSR count). The normalized spacial score (nSPS) is 22.9. The highest BCUT2D eigenvalue weighted by molar-refractivity contribution is 7.91. The lowest BCUT2D eigenvalue weighted by Gasteiger charge is -2.30. The zero-order chi connectivity index (χ0) is 30.4. The van der Waals surface area contributed by atoms with Crippen LogP contribution in [-0.4, -0.2) is 54.4 Å². The maximum atomic E-state index is 13.5. The lowest BCUT2D eigenvalue weighted by molar-refractivity contribution is -0.137. The van der Waals surface area contributed by atoms with E-state index in [1.54, 1.807) is 0 Å². The Bertz CT molecular complexity index is 1660. The van der Waals surface area contributed by atoms with Crippen LogP contribution in [-0.2, 0) is 20.8 Å². The third kappa shape index (κ3) is 6.11. The molecule has 0 unspecified atom stereocenters. The largest absolute Gasteiger partial charge is 0.440 e. The third-order valence-corrected chi connectivity index (χ3v) is 10.2. The van der Waals surface area contributed by atoms with E-state index in [0.29, 0.717) is 55.8 Å². The summed E-state index contributed by atoms with van der Waals surface area (Å²) in [6, 6.07) is 10.5. The van der Waals surface area contributed by atoms with Crippen LogP contribution in [0.5, 0.6) is 0 Å². The maximum Gasteiger partial charge on any atom is 0.417 e. The molecule has 43 heavy (non-hydrogen) atoms. The van der Waals surface area contributed by atoms with E-state index in [1.165, 1.54) is 6.20 Å². The average molecular weight is 614 g/mol. The molecule has 13 heteroatoms. The molecule has 3 fully saturated rings. The van der Waals surface area contributed by atoms with E-state index in [-0.39, 0.29) is 28.9 Å². The van der Waals surface area contributed by atoms with E-state index in [2.05, 4.69) is 21.4 Å². The number of hydrogen-bond donors (Lipinski definition) is 1. The number of sulfone groups is 1. The number of anilines is 1. The molecule has 2 saturated carbocycles. The second-order valence-electron chi connectivity index (χ2n) is 11.6. The number of aromatic nitrogens is 2. The molecule has 2 atom stereocenters. The number of amides is 1. The topological polar surface area (TPSA) is 129 Å². The Balaban J connectivity index is 1.37. The fourth-order valence-corrected chi connectivity index (χ4v) is 7.10. The maximum absolute atomic E-state index is 13.5. The van der Waals surface area contributed by atoms with Crippen LogP contribution in [0.3, 0.4) is 0 Å². The molecular formula is C30H30F3N5O4S. The highest BCUT2D eigenvalue weighted by Gasteiger charge is 2.47. The van der Waals surface area contributed by atoms with Crippen LogP contribution < -0.4 is 10.2 Å². The van der Waals surface area contributed by atoms with Crippen LogP contribution in [0.25, 0.3) is 22.7 Å². The lowest BCUT2D eigenvalue weighted by Crippen LogP contribution is -2.42. The number of pyridine rings is 1. The van der Waals surface area contributed by atoms with Gasteiger partial charge in [-0.2, -0.15) is 18.4 Å². The molecule has 0 radical (unpaired) electrons. The minimum absolute atomic E-state index is 0.0330. The molecule has 3 aromatic rings. The summed E-state index contributed by atoms with van der Waals surface area (Å²) in [6.45, 7) is 0.763. The minimum atomic E-state index is -4.60.